The zero-order valence-electron chi connectivity index (χ0n) is 21.8. The van der Waals surface area contributed by atoms with Gasteiger partial charge in [0, 0.05) is 69.0 Å². The fraction of sp³-hybridized carbons (Fsp3) is 0.519. The summed E-state index contributed by atoms with van der Waals surface area (Å²) in [4.78, 5) is 32.6. The zero-order valence-corrected chi connectivity index (χ0v) is 21.8. The first-order valence-corrected chi connectivity index (χ1v) is 13.6. The second kappa shape index (κ2) is 10.5. The molecule has 0 bridgehead atoms. The van der Waals surface area contributed by atoms with E-state index >= 15 is 0 Å². The first-order chi connectivity index (χ1) is 18.9. The zero-order chi connectivity index (χ0) is 27.1. The van der Waals surface area contributed by atoms with Crippen molar-refractivity contribution >= 4 is 17.9 Å². The van der Waals surface area contributed by atoms with Crippen LogP contribution < -0.4 is 15.5 Å². The number of hydrogen-bond acceptors (Lipinski definition) is 9. The van der Waals surface area contributed by atoms with Crippen LogP contribution in [0.5, 0.6) is 0 Å². The maximum Gasteiger partial charge on any atom is 0.324 e. The maximum absolute atomic E-state index is 14.3. The van der Waals surface area contributed by atoms with Crippen LogP contribution in [0.4, 0.5) is 20.7 Å². The van der Waals surface area contributed by atoms with E-state index in [4.69, 9.17) is 10.3 Å². The lowest BCUT2D eigenvalue weighted by molar-refractivity contribution is 0.0661. The van der Waals surface area contributed by atoms with Crippen LogP contribution >= 0.6 is 0 Å². The van der Waals surface area contributed by atoms with Crippen molar-refractivity contribution in [3.63, 3.8) is 0 Å². The van der Waals surface area contributed by atoms with Gasteiger partial charge in [-0.3, -0.25) is 4.79 Å². The molecule has 1 aliphatic carbocycles. The molecular formula is C27H32F2N8O2. The van der Waals surface area contributed by atoms with Crippen LogP contribution in [-0.2, 0) is 0 Å². The van der Waals surface area contributed by atoms with Crippen molar-refractivity contribution in [2.24, 2.45) is 5.73 Å². The Bertz CT molecular complexity index is 1320. The van der Waals surface area contributed by atoms with Crippen LogP contribution in [0.15, 0.2) is 35.1 Å². The van der Waals surface area contributed by atoms with Crippen LogP contribution in [0.1, 0.15) is 66.2 Å². The lowest BCUT2D eigenvalue weighted by Gasteiger charge is -2.37. The molecule has 3 fully saturated rings. The van der Waals surface area contributed by atoms with E-state index in [2.05, 4.69) is 25.0 Å². The monoisotopic (exact) mass is 538 g/mol. The van der Waals surface area contributed by atoms with Crippen LogP contribution in [0, 0.1) is 11.6 Å². The molecule has 2 saturated heterocycles. The number of nitrogens with two attached hydrogens (primary N) is 1. The van der Waals surface area contributed by atoms with Gasteiger partial charge < -0.3 is 25.0 Å². The summed E-state index contributed by atoms with van der Waals surface area (Å²) in [7, 11) is 0. The maximum atomic E-state index is 14.3. The third-order valence-electron chi connectivity index (χ3n) is 8.04. The van der Waals surface area contributed by atoms with Gasteiger partial charge in [0.25, 0.3) is 5.91 Å². The van der Waals surface area contributed by atoms with Gasteiger partial charge in [0.2, 0.25) is 5.95 Å². The predicted molar refractivity (Wildman–Crippen MR) is 140 cm³/mol. The number of rotatable bonds is 7. The first kappa shape index (κ1) is 25.6. The van der Waals surface area contributed by atoms with Gasteiger partial charge in [-0.25, -0.2) is 18.7 Å². The Morgan fingerprint density at radius 3 is 2.54 bits per heavy atom. The number of aromatic nitrogens is 4. The highest BCUT2D eigenvalue weighted by Gasteiger charge is 2.35. The summed E-state index contributed by atoms with van der Waals surface area (Å²) < 4.78 is 33.5. The number of anilines is 2. The Labute approximate surface area is 225 Å². The van der Waals surface area contributed by atoms with Crippen molar-refractivity contribution in [3.8, 4) is 0 Å². The van der Waals surface area contributed by atoms with Crippen LogP contribution in [0.3, 0.4) is 0 Å². The molecule has 0 unspecified atom stereocenters. The molecule has 1 saturated carbocycles. The third-order valence-corrected chi connectivity index (χ3v) is 8.04. The number of hydrogen-bond donors (Lipinski definition) is 1. The highest BCUT2D eigenvalue weighted by Crippen LogP contribution is 2.39. The fourth-order valence-electron chi connectivity index (χ4n) is 5.68. The molecule has 3 aliphatic rings. The summed E-state index contributed by atoms with van der Waals surface area (Å²) in [6.45, 7) is 4.76. The minimum atomic E-state index is -0.500. The van der Waals surface area contributed by atoms with Gasteiger partial charge in [0.05, 0.1) is 5.56 Å². The molecule has 10 nitrogen and oxygen atoms in total. The molecule has 0 radical (unpaired) electrons. The smallest absolute Gasteiger partial charge is 0.324 e. The van der Waals surface area contributed by atoms with E-state index < -0.39 is 17.7 Å². The number of halogens is 2. The van der Waals surface area contributed by atoms with Crippen LogP contribution in [-0.4, -0.2) is 75.7 Å². The van der Waals surface area contributed by atoms with Gasteiger partial charge in [0.1, 0.15) is 11.6 Å². The molecule has 4 heterocycles. The van der Waals surface area contributed by atoms with Crippen molar-refractivity contribution in [1.29, 1.82) is 0 Å². The normalized spacial score (nSPS) is 21.9. The Balaban J connectivity index is 1.08. The number of benzene rings is 1. The van der Waals surface area contributed by atoms with Gasteiger partial charge in [-0.1, -0.05) is 5.16 Å². The highest BCUT2D eigenvalue weighted by atomic mass is 19.1. The number of piperidine rings is 1. The minimum absolute atomic E-state index is 0.0859. The summed E-state index contributed by atoms with van der Waals surface area (Å²) >= 11 is 0. The average molecular weight is 539 g/mol. The molecule has 2 aliphatic heterocycles. The predicted octanol–water partition coefficient (Wildman–Crippen LogP) is 3.08. The van der Waals surface area contributed by atoms with E-state index in [0.29, 0.717) is 43.1 Å². The van der Waals surface area contributed by atoms with E-state index in [1.54, 1.807) is 0 Å². The summed E-state index contributed by atoms with van der Waals surface area (Å²) in [5, 5.41) is 4.11. The second-order valence-corrected chi connectivity index (χ2v) is 10.6. The Hall–Kier alpha value is -3.67. The molecule has 206 valence electrons. The van der Waals surface area contributed by atoms with Gasteiger partial charge >= 0.3 is 6.01 Å². The van der Waals surface area contributed by atoms with Crippen molar-refractivity contribution < 1.29 is 18.1 Å². The van der Waals surface area contributed by atoms with Crippen molar-refractivity contribution in [3.05, 3.63) is 59.2 Å². The van der Waals surface area contributed by atoms with E-state index in [1.165, 1.54) is 18.5 Å². The molecule has 0 spiro atoms. The lowest BCUT2D eigenvalue weighted by atomic mass is 9.94. The molecule has 12 heteroatoms. The lowest BCUT2D eigenvalue weighted by Crippen LogP contribution is -2.47. The molecule has 2 N–H and O–H groups in total. The number of nitrogens with zero attached hydrogens (tertiary/aromatic N) is 7. The quantitative estimate of drug-likeness (QED) is 0.484. The molecule has 1 aromatic carbocycles. The Kier molecular flexibility index (Phi) is 6.88. The molecule has 2 aromatic heterocycles. The SMILES string of the molecule is CCN(C(=O)c1cnc(N2C[C@H](c3cc(F)ccc3F)[C@@H](N)C2)nc1)C1CCN(c2nc(C3CC3)no2)CC1. The molecule has 1 amide bonds. The van der Waals surface area contributed by atoms with E-state index in [-0.39, 0.29) is 23.4 Å². The summed E-state index contributed by atoms with van der Waals surface area (Å²) in [5.74, 6) is 0.165. The molecule has 39 heavy (non-hydrogen) atoms. The number of carbonyl (C=O) groups is 1. The molecule has 3 aromatic rings. The second-order valence-electron chi connectivity index (χ2n) is 10.6. The van der Waals surface area contributed by atoms with Crippen LogP contribution in [0.2, 0.25) is 0 Å². The van der Waals surface area contributed by atoms with Crippen molar-refractivity contribution in [2.75, 3.05) is 42.5 Å². The topological polar surface area (TPSA) is 118 Å². The van der Waals surface area contributed by atoms with Crippen molar-refractivity contribution in [1.82, 2.24) is 25.0 Å². The van der Waals surface area contributed by atoms with Gasteiger partial charge in [0.15, 0.2) is 5.82 Å². The summed E-state index contributed by atoms with van der Waals surface area (Å²) in [6.07, 6.45) is 6.90. The van der Waals surface area contributed by atoms with Gasteiger partial charge in [-0.05, 0) is 56.4 Å². The number of amides is 1. The van der Waals surface area contributed by atoms with Gasteiger partial charge in [-0.15, -0.1) is 0 Å². The average Bonchev–Trinajstić information content (AvgIpc) is 3.56. The van der Waals surface area contributed by atoms with E-state index in [0.717, 1.165) is 56.7 Å². The molecule has 2 atom stereocenters. The Morgan fingerprint density at radius 2 is 1.85 bits per heavy atom. The van der Waals surface area contributed by atoms with Gasteiger partial charge in [-0.2, -0.15) is 4.98 Å². The summed E-state index contributed by atoms with van der Waals surface area (Å²) in [5.41, 5.74) is 6.94. The van der Waals surface area contributed by atoms with Crippen molar-refractivity contribution in [2.45, 2.75) is 56.5 Å². The Morgan fingerprint density at radius 1 is 1.10 bits per heavy atom. The largest absolute Gasteiger partial charge is 0.339 e. The molecular weight excluding hydrogens is 506 g/mol. The molecule has 6 rings (SSSR count). The first-order valence-electron chi connectivity index (χ1n) is 13.6. The van der Waals surface area contributed by atoms with Crippen LogP contribution in [0.25, 0.3) is 0 Å². The minimum Gasteiger partial charge on any atom is -0.339 e. The van der Waals surface area contributed by atoms with E-state index in [9.17, 15) is 13.6 Å². The third kappa shape index (κ3) is 5.17. The number of carbonyl (C=O) groups excluding carboxylic acids is 1. The highest BCUT2D eigenvalue weighted by molar-refractivity contribution is 5.94. The standard InChI is InChI=1S/C27H32F2N8O2/c1-2-37(19-7-9-35(10-8-19)27-33-24(34-39-27)16-3-4-16)25(38)17-12-31-26(32-13-17)36-14-21(23(30)15-36)20-11-18(28)5-6-22(20)29/h5-6,11-13,16,19,21,23H,2-4,7-10,14-15,30H2,1H3/t21-,23+/m1/s1. The fourth-order valence-corrected chi connectivity index (χ4v) is 5.68. The summed E-state index contributed by atoms with van der Waals surface area (Å²) in [6, 6.07) is 3.66. The van der Waals surface area contributed by atoms with E-state index in [1.807, 2.05) is 16.7 Å².